The molecule has 8 heteroatoms. The van der Waals surface area contributed by atoms with Gasteiger partial charge in [-0.15, -0.1) is 0 Å². The van der Waals surface area contributed by atoms with E-state index < -0.39 is 0 Å². The number of aromatic amines is 1. The fourth-order valence-corrected chi connectivity index (χ4v) is 4.14. The van der Waals surface area contributed by atoms with Crippen molar-refractivity contribution in [2.45, 2.75) is 25.6 Å². The van der Waals surface area contributed by atoms with Gasteiger partial charge in [-0.05, 0) is 35.2 Å². The van der Waals surface area contributed by atoms with Crippen molar-refractivity contribution >= 4 is 11.7 Å². The van der Waals surface area contributed by atoms with Gasteiger partial charge in [0.15, 0.2) is 0 Å². The Morgan fingerprint density at radius 2 is 1.97 bits per heavy atom. The molecule has 2 aromatic heterocycles. The molecular weight excluding hydrogens is 380 g/mol. The van der Waals surface area contributed by atoms with Crippen molar-refractivity contribution in [3.63, 3.8) is 0 Å². The number of hydrogen-bond donors (Lipinski definition) is 2. The minimum absolute atomic E-state index is 0.165. The zero-order valence-corrected chi connectivity index (χ0v) is 16.6. The van der Waals surface area contributed by atoms with Gasteiger partial charge in [0.1, 0.15) is 5.75 Å². The van der Waals surface area contributed by atoms with Crippen molar-refractivity contribution in [1.29, 1.82) is 0 Å². The average molecular weight is 402 g/mol. The zero-order chi connectivity index (χ0) is 20.7. The summed E-state index contributed by atoms with van der Waals surface area (Å²) in [4.78, 5) is 23.4. The molecular formula is C22H22N6O2. The lowest BCUT2D eigenvalue weighted by Gasteiger charge is -2.37. The Kier molecular flexibility index (Phi) is 4.48. The molecule has 0 saturated carbocycles. The molecule has 1 aliphatic rings. The van der Waals surface area contributed by atoms with Crippen LogP contribution in [0.1, 0.15) is 28.4 Å². The molecule has 30 heavy (non-hydrogen) atoms. The van der Waals surface area contributed by atoms with Gasteiger partial charge in [0.05, 0.1) is 12.8 Å². The number of nitrogens with two attached hydrogens (primary N) is 1. The summed E-state index contributed by atoms with van der Waals surface area (Å²) in [5.41, 5.74) is 9.89. The molecule has 5 rings (SSSR count). The fourth-order valence-electron chi connectivity index (χ4n) is 4.14. The monoisotopic (exact) mass is 402 g/mol. The van der Waals surface area contributed by atoms with E-state index in [4.69, 9.17) is 10.5 Å². The summed E-state index contributed by atoms with van der Waals surface area (Å²) in [6.45, 7) is 1.25. The van der Waals surface area contributed by atoms with Crippen molar-refractivity contribution in [3.8, 4) is 5.75 Å². The summed E-state index contributed by atoms with van der Waals surface area (Å²) < 4.78 is 6.67. The highest BCUT2D eigenvalue weighted by Crippen LogP contribution is 2.35. The number of methoxy groups -OCH3 is 1. The second-order valence-corrected chi connectivity index (χ2v) is 7.50. The lowest BCUT2D eigenvalue weighted by Crippen LogP contribution is -2.34. The van der Waals surface area contributed by atoms with Crippen LogP contribution in [0.4, 0.5) is 5.95 Å². The van der Waals surface area contributed by atoms with E-state index >= 15 is 0 Å². The predicted octanol–water partition coefficient (Wildman–Crippen LogP) is 2.31. The topological polar surface area (TPSA) is 102 Å². The van der Waals surface area contributed by atoms with Crippen molar-refractivity contribution in [2.24, 2.45) is 0 Å². The summed E-state index contributed by atoms with van der Waals surface area (Å²) in [5.74, 6) is 1.29. The molecule has 2 aromatic carbocycles. The van der Waals surface area contributed by atoms with Crippen LogP contribution in [0.25, 0.3) is 5.78 Å². The normalized spacial score (nSPS) is 16.5. The average Bonchev–Trinajstić information content (AvgIpc) is 3.14. The molecule has 0 bridgehead atoms. The van der Waals surface area contributed by atoms with Crippen molar-refractivity contribution in [2.75, 3.05) is 12.8 Å². The fraction of sp³-hybridized carbons (Fsp3) is 0.227. The molecule has 4 aromatic rings. The van der Waals surface area contributed by atoms with E-state index in [2.05, 4.69) is 56.4 Å². The van der Waals surface area contributed by atoms with Gasteiger partial charge in [-0.2, -0.15) is 9.50 Å². The maximum absolute atomic E-state index is 12.4. The summed E-state index contributed by atoms with van der Waals surface area (Å²) in [6, 6.07) is 18.4. The number of aromatic nitrogens is 4. The number of ether oxygens (including phenoxy) is 1. The van der Waals surface area contributed by atoms with Crippen LogP contribution in [-0.4, -0.2) is 31.6 Å². The van der Waals surface area contributed by atoms with Gasteiger partial charge in [0, 0.05) is 25.2 Å². The molecule has 152 valence electrons. The lowest BCUT2D eigenvalue weighted by atomic mass is 9.89. The number of fused-ring (bicyclic) bond motifs is 2. The Hall–Kier alpha value is -3.65. The highest BCUT2D eigenvalue weighted by molar-refractivity contribution is 5.39. The minimum Gasteiger partial charge on any atom is -0.497 e. The molecule has 0 fully saturated rings. The lowest BCUT2D eigenvalue weighted by molar-refractivity contribution is 0.160. The van der Waals surface area contributed by atoms with Gasteiger partial charge >= 0.3 is 0 Å². The van der Waals surface area contributed by atoms with Gasteiger partial charge in [-0.3, -0.25) is 14.8 Å². The highest BCUT2D eigenvalue weighted by Gasteiger charge is 2.28. The first-order chi connectivity index (χ1) is 14.6. The first-order valence-corrected chi connectivity index (χ1v) is 9.79. The maximum Gasteiger partial charge on any atom is 0.274 e. The quantitative estimate of drug-likeness (QED) is 0.543. The number of rotatable bonds is 4. The van der Waals surface area contributed by atoms with E-state index in [0.29, 0.717) is 12.2 Å². The number of nitrogens with one attached hydrogen (secondary N) is 1. The van der Waals surface area contributed by atoms with E-state index in [1.165, 1.54) is 27.3 Å². The van der Waals surface area contributed by atoms with Gasteiger partial charge in [0.25, 0.3) is 11.3 Å². The molecule has 0 spiro atoms. The first kappa shape index (κ1) is 18.4. The summed E-state index contributed by atoms with van der Waals surface area (Å²) in [7, 11) is 1.68. The van der Waals surface area contributed by atoms with Crippen molar-refractivity contribution < 1.29 is 4.74 Å². The third kappa shape index (κ3) is 3.31. The van der Waals surface area contributed by atoms with E-state index in [1.807, 2.05) is 12.1 Å². The SMILES string of the molecule is COc1ccc2c(c1)CN(Cc1cc(=O)n3[nH]c(N)nc3n1)C(c1ccccc1)C2. The Bertz CT molecular complexity index is 1260. The molecule has 0 aliphatic carbocycles. The predicted molar refractivity (Wildman–Crippen MR) is 113 cm³/mol. The van der Waals surface area contributed by atoms with E-state index in [0.717, 1.165) is 18.7 Å². The molecule has 3 N–H and O–H groups in total. The Labute approximate surface area is 172 Å². The van der Waals surface area contributed by atoms with Gasteiger partial charge < -0.3 is 10.5 Å². The number of benzene rings is 2. The standard InChI is InChI=1S/C22H22N6O2/c1-30-18-8-7-15-10-19(14-5-3-2-4-6-14)27(12-16(15)9-18)13-17-11-20(29)28-22(24-17)25-21(23)26-28/h2-9,11,19H,10,12-13H2,1H3,(H3,23,24,25,26). The molecule has 8 nitrogen and oxygen atoms in total. The third-order valence-corrected chi connectivity index (χ3v) is 5.59. The van der Waals surface area contributed by atoms with E-state index in [-0.39, 0.29) is 23.3 Å². The third-order valence-electron chi connectivity index (χ3n) is 5.59. The zero-order valence-electron chi connectivity index (χ0n) is 16.6. The molecule has 1 atom stereocenters. The molecule has 0 amide bonds. The largest absolute Gasteiger partial charge is 0.497 e. The highest BCUT2D eigenvalue weighted by atomic mass is 16.5. The molecule has 1 aliphatic heterocycles. The van der Waals surface area contributed by atoms with Crippen LogP contribution in [0.15, 0.2) is 59.4 Å². The number of anilines is 1. The van der Waals surface area contributed by atoms with Crippen LogP contribution in [-0.2, 0) is 19.5 Å². The molecule has 1 unspecified atom stereocenters. The van der Waals surface area contributed by atoms with Crippen LogP contribution in [0, 0.1) is 0 Å². The maximum atomic E-state index is 12.4. The molecule has 0 saturated heterocycles. The second-order valence-electron chi connectivity index (χ2n) is 7.50. The Morgan fingerprint density at radius 1 is 1.13 bits per heavy atom. The van der Waals surface area contributed by atoms with E-state index in [9.17, 15) is 4.79 Å². The number of H-pyrrole nitrogens is 1. The number of nitrogen functional groups attached to an aromatic ring is 1. The van der Waals surface area contributed by atoms with E-state index in [1.54, 1.807) is 7.11 Å². The van der Waals surface area contributed by atoms with Crippen LogP contribution < -0.4 is 16.0 Å². The van der Waals surface area contributed by atoms with Crippen LogP contribution >= 0.6 is 0 Å². The summed E-state index contributed by atoms with van der Waals surface area (Å²) in [6.07, 6.45) is 0.875. The smallest absolute Gasteiger partial charge is 0.274 e. The van der Waals surface area contributed by atoms with Crippen LogP contribution in [0.2, 0.25) is 0 Å². The number of hydrogen-bond acceptors (Lipinski definition) is 6. The van der Waals surface area contributed by atoms with Gasteiger partial charge in [-0.25, -0.2) is 4.98 Å². The Morgan fingerprint density at radius 3 is 2.77 bits per heavy atom. The molecule has 3 heterocycles. The van der Waals surface area contributed by atoms with Crippen LogP contribution in [0.3, 0.4) is 0 Å². The number of nitrogens with zero attached hydrogens (tertiary/aromatic N) is 4. The van der Waals surface area contributed by atoms with Crippen LogP contribution in [0.5, 0.6) is 5.75 Å². The van der Waals surface area contributed by atoms with Gasteiger partial charge in [0.2, 0.25) is 5.95 Å². The first-order valence-electron chi connectivity index (χ1n) is 9.79. The van der Waals surface area contributed by atoms with Gasteiger partial charge in [-0.1, -0.05) is 36.4 Å². The summed E-state index contributed by atoms with van der Waals surface area (Å²) >= 11 is 0. The van der Waals surface area contributed by atoms with Crippen molar-refractivity contribution in [1.82, 2.24) is 24.5 Å². The van der Waals surface area contributed by atoms with Crippen molar-refractivity contribution in [3.05, 3.63) is 87.3 Å². The minimum atomic E-state index is -0.227. The Balaban J connectivity index is 1.54. The summed E-state index contributed by atoms with van der Waals surface area (Å²) in [5, 5.41) is 2.70. The molecule has 0 radical (unpaired) electrons. The second kappa shape index (κ2) is 7.31.